The Morgan fingerprint density at radius 1 is 1.19 bits per heavy atom. The molecule has 7 nitrogen and oxygen atoms in total. The molecule has 0 saturated carbocycles. The predicted molar refractivity (Wildman–Crippen MR) is 103 cm³/mol. The van der Waals surface area contributed by atoms with E-state index in [2.05, 4.69) is 34.2 Å². The standard InChI is InChI=1S/C20H25N5O2/c1-13-10-14(2)25-19(22-13)23-17(24-25)11-18(26)21-12-20(3,4)15-6-8-16(27-5)9-7-15/h6-10H,11-12H2,1-5H3,(H,21,26). The topological polar surface area (TPSA) is 81.4 Å². The molecule has 1 aromatic carbocycles. The van der Waals surface area contributed by atoms with Crippen LogP contribution in [0, 0.1) is 13.8 Å². The van der Waals surface area contributed by atoms with Crippen molar-refractivity contribution >= 4 is 11.7 Å². The number of amides is 1. The zero-order chi connectivity index (χ0) is 19.6. The summed E-state index contributed by atoms with van der Waals surface area (Å²) in [5.41, 5.74) is 2.75. The van der Waals surface area contributed by atoms with Crippen molar-refractivity contribution in [2.24, 2.45) is 0 Å². The number of aryl methyl sites for hydroxylation is 2. The van der Waals surface area contributed by atoms with E-state index in [-0.39, 0.29) is 17.7 Å². The molecule has 27 heavy (non-hydrogen) atoms. The van der Waals surface area contributed by atoms with Crippen LogP contribution in [0.1, 0.15) is 36.6 Å². The van der Waals surface area contributed by atoms with Gasteiger partial charge in [-0.1, -0.05) is 26.0 Å². The van der Waals surface area contributed by atoms with Crippen LogP contribution in [0.4, 0.5) is 0 Å². The number of carbonyl (C=O) groups excluding carboxylic acids is 1. The van der Waals surface area contributed by atoms with Gasteiger partial charge in [0.2, 0.25) is 5.91 Å². The molecule has 0 aliphatic rings. The highest BCUT2D eigenvalue weighted by molar-refractivity contribution is 5.78. The fourth-order valence-corrected chi connectivity index (χ4v) is 2.95. The van der Waals surface area contributed by atoms with Gasteiger partial charge in [0.15, 0.2) is 5.82 Å². The summed E-state index contributed by atoms with van der Waals surface area (Å²) in [5, 5.41) is 7.37. The van der Waals surface area contributed by atoms with Gasteiger partial charge in [0.1, 0.15) is 5.75 Å². The van der Waals surface area contributed by atoms with Crippen LogP contribution in [0.2, 0.25) is 0 Å². The molecule has 2 heterocycles. The molecule has 0 unspecified atom stereocenters. The molecule has 0 saturated heterocycles. The molecule has 3 aromatic rings. The summed E-state index contributed by atoms with van der Waals surface area (Å²) in [7, 11) is 1.64. The Balaban J connectivity index is 1.64. The third-order valence-corrected chi connectivity index (χ3v) is 4.58. The summed E-state index contributed by atoms with van der Waals surface area (Å²) in [5.74, 6) is 1.70. The van der Waals surface area contributed by atoms with Gasteiger partial charge < -0.3 is 10.1 Å². The molecule has 1 amide bonds. The number of carbonyl (C=O) groups is 1. The van der Waals surface area contributed by atoms with Crippen molar-refractivity contribution in [1.82, 2.24) is 24.9 Å². The van der Waals surface area contributed by atoms with Crippen molar-refractivity contribution in [2.45, 2.75) is 39.5 Å². The lowest BCUT2D eigenvalue weighted by atomic mass is 9.84. The molecule has 0 aliphatic heterocycles. The van der Waals surface area contributed by atoms with E-state index >= 15 is 0 Å². The molecule has 3 rings (SSSR count). The average molecular weight is 367 g/mol. The minimum atomic E-state index is -0.205. The van der Waals surface area contributed by atoms with Crippen LogP contribution in [0.5, 0.6) is 5.75 Å². The Morgan fingerprint density at radius 3 is 2.56 bits per heavy atom. The Morgan fingerprint density at radius 2 is 1.89 bits per heavy atom. The van der Waals surface area contributed by atoms with Gasteiger partial charge in [-0.2, -0.15) is 4.98 Å². The fourth-order valence-electron chi connectivity index (χ4n) is 2.95. The molecular weight excluding hydrogens is 342 g/mol. The maximum absolute atomic E-state index is 12.4. The number of rotatable bonds is 6. The van der Waals surface area contributed by atoms with Gasteiger partial charge in [-0.25, -0.2) is 9.50 Å². The largest absolute Gasteiger partial charge is 0.497 e. The molecule has 0 fully saturated rings. The van der Waals surface area contributed by atoms with Crippen molar-refractivity contribution in [2.75, 3.05) is 13.7 Å². The third-order valence-electron chi connectivity index (χ3n) is 4.58. The second-order valence-electron chi connectivity index (χ2n) is 7.34. The zero-order valence-electron chi connectivity index (χ0n) is 16.4. The third kappa shape index (κ3) is 4.24. The molecule has 0 spiro atoms. The minimum Gasteiger partial charge on any atom is -0.497 e. The van der Waals surface area contributed by atoms with E-state index in [1.165, 1.54) is 0 Å². The average Bonchev–Trinajstić information content (AvgIpc) is 3.02. The second-order valence-corrected chi connectivity index (χ2v) is 7.34. The van der Waals surface area contributed by atoms with Crippen LogP contribution in [0.15, 0.2) is 30.3 Å². The van der Waals surface area contributed by atoms with Crippen LogP contribution in [0.3, 0.4) is 0 Å². The fraction of sp³-hybridized carbons (Fsp3) is 0.400. The van der Waals surface area contributed by atoms with Crippen LogP contribution >= 0.6 is 0 Å². The van der Waals surface area contributed by atoms with Gasteiger partial charge in [0.25, 0.3) is 5.78 Å². The molecule has 1 N–H and O–H groups in total. The first-order valence-electron chi connectivity index (χ1n) is 8.89. The van der Waals surface area contributed by atoms with E-state index < -0.39 is 0 Å². The molecule has 142 valence electrons. The van der Waals surface area contributed by atoms with Gasteiger partial charge in [0, 0.05) is 23.3 Å². The van der Waals surface area contributed by atoms with Crippen molar-refractivity contribution < 1.29 is 9.53 Å². The number of aromatic nitrogens is 4. The van der Waals surface area contributed by atoms with Crippen LogP contribution < -0.4 is 10.1 Å². The number of nitrogens with zero attached hydrogens (tertiary/aromatic N) is 4. The summed E-state index contributed by atoms with van der Waals surface area (Å²) < 4.78 is 6.86. The number of benzene rings is 1. The van der Waals surface area contributed by atoms with Crippen LogP contribution in [-0.4, -0.2) is 39.1 Å². The quantitative estimate of drug-likeness (QED) is 0.723. The number of hydrogen-bond acceptors (Lipinski definition) is 5. The van der Waals surface area contributed by atoms with E-state index in [4.69, 9.17) is 4.74 Å². The molecule has 0 bridgehead atoms. The highest BCUT2D eigenvalue weighted by Gasteiger charge is 2.22. The molecule has 0 atom stereocenters. The van der Waals surface area contributed by atoms with E-state index in [0.29, 0.717) is 18.1 Å². The van der Waals surface area contributed by atoms with Crippen molar-refractivity contribution in [3.05, 3.63) is 53.1 Å². The molecule has 0 radical (unpaired) electrons. The molecule has 0 aliphatic carbocycles. The first-order chi connectivity index (χ1) is 12.8. The number of ether oxygens (including phenoxy) is 1. The number of methoxy groups -OCH3 is 1. The summed E-state index contributed by atoms with van der Waals surface area (Å²) in [4.78, 5) is 21.1. The summed E-state index contributed by atoms with van der Waals surface area (Å²) in [6.45, 7) is 8.55. The lowest BCUT2D eigenvalue weighted by Gasteiger charge is -2.25. The Bertz CT molecular complexity index is 960. The zero-order valence-corrected chi connectivity index (χ0v) is 16.4. The normalized spacial score (nSPS) is 11.6. The monoisotopic (exact) mass is 367 g/mol. The van der Waals surface area contributed by atoms with Crippen molar-refractivity contribution in [1.29, 1.82) is 0 Å². The minimum absolute atomic E-state index is 0.109. The van der Waals surface area contributed by atoms with Gasteiger partial charge in [-0.3, -0.25) is 4.79 Å². The van der Waals surface area contributed by atoms with Gasteiger partial charge >= 0.3 is 0 Å². The van der Waals surface area contributed by atoms with Gasteiger partial charge in [-0.15, -0.1) is 5.10 Å². The second kappa shape index (κ2) is 7.34. The molecule has 2 aromatic heterocycles. The number of hydrogen-bond donors (Lipinski definition) is 1. The molecule has 7 heteroatoms. The lowest BCUT2D eigenvalue weighted by molar-refractivity contribution is -0.120. The maximum Gasteiger partial charge on any atom is 0.252 e. The van der Waals surface area contributed by atoms with Crippen molar-refractivity contribution in [3.63, 3.8) is 0 Å². The summed E-state index contributed by atoms with van der Waals surface area (Å²) in [6.07, 6.45) is 0.126. The number of nitrogens with one attached hydrogen (secondary N) is 1. The predicted octanol–water partition coefficient (Wildman–Crippen LogP) is 2.39. The maximum atomic E-state index is 12.4. The summed E-state index contributed by atoms with van der Waals surface area (Å²) in [6, 6.07) is 9.83. The van der Waals surface area contributed by atoms with Crippen molar-refractivity contribution in [3.8, 4) is 5.75 Å². The number of fused-ring (bicyclic) bond motifs is 1. The first-order valence-corrected chi connectivity index (χ1v) is 8.89. The van der Waals surface area contributed by atoms with E-state index in [1.54, 1.807) is 11.6 Å². The lowest BCUT2D eigenvalue weighted by Crippen LogP contribution is -2.37. The Labute approximate surface area is 158 Å². The van der Waals surface area contributed by atoms with E-state index in [1.807, 2.05) is 44.2 Å². The van der Waals surface area contributed by atoms with E-state index in [9.17, 15) is 4.79 Å². The van der Waals surface area contributed by atoms with Crippen LogP contribution in [-0.2, 0) is 16.6 Å². The Kier molecular flexibility index (Phi) is 5.12. The summed E-state index contributed by atoms with van der Waals surface area (Å²) >= 11 is 0. The highest BCUT2D eigenvalue weighted by Crippen LogP contribution is 2.24. The van der Waals surface area contributed by atoms with Crippen LogP contribution in [0.25, 0.3) is 5.78 Å². The van der Waals surface area contributed by atoms with Gasteiger partial charge in [0.05, 0.1) is 13.5 Å². The van der Waals surface area contributed by atoms with Gasteiger partial charge in [-0.05, 0) is 37.6 Å². The SMILES string of the molecule is COc1ccc(C(C)(C)CNC(=O)Cc2nc3nc(C)cc(C)n3n2)cc1. The molecular formula is C20H25N5O2. The smallest absolute Gasteiger partial charge is 0.252 e. The first kappa shape index (κ1) is 18.8. The Hall–Kier alpha value is -2.96. The van der Waals surface area contributed by atoms with E-state index in [0.717, 1.165) is 22.7 Å². The highest BCUT2D eigenvalue weighted by atomic mass is 16.5.